The molecule has 0 radical (unpaired) electrons. The van der Waals surface area contributed by atoms with Gasteiger partial charge in [0.1, 0.15) is 0 Å². The third-order valence-electron chi connectivity index (χ3n) is 13.9. The number of amides is 2. The van der Waals surface area contributed by atoms with Gasteiger partial charge in [-0.05, 0) is 88.4 Å². The summed E-state index contributed by atoms with van der Waals surface area (Å²) in [6.45, 7) is 7.82. The lowest BCUT2D eigenvalue weighted by molar-refractivity contribution is -0.150. The molecule has 2 aliphatic carbocycles. The van der Waals surface area contributed by atoms with Crippen LogP contribution in [-0.2, 0) is 28.7 Å². The molecule has 2 spiro atoms. The summed E-state index contributed by atoms with van der Waals surface area (Å²) in [6, 6.07) is 1.19. The summed E-state index contributed by atoms with van der Waals surface area (Å²) in [5.41, 5.74) is 1.32. The van der Waals surface area contributed by atoms with Crippen molar-refractivity contribution in [2.75, 3.05) is 26.2 Å². The average molecular weight is 691 g/mol. The van der Waals surface area contributed by atoms with E-state index in [-0.39, 0.29) is 60.0 Å². The third-order valence-corrected chi connectivity index (χ3v) is 13.9. The number of nitrogens with zero attached hydrogens (tertiary/aromatic N) is 4. The number of fused-ring (bicyclic) bond motifs is 6. The molecule has 8 atom stereocenters. The lowest BCUT2D eigenvalue weighted by Crippen LogP contribution is -2.54. The lowest BCUT2D eigenvalue weighted by atomic mass is 9.75. The van der Waals surface area contributed by atoms with Gasteiger partial charge in [0.15, 0.2) is 11.2 Å². The van der Waals surface area contributed by atoms with Crippen LogP contribution >= 0.6 is 0 Å². The monoisotopic (exact) mass is 690 g/mol. The van der Waals surface area contributed by atoms with Crippen molar-refractivity contribution in [3.05, 3.63) is 23.3 Å². The summed E-state index contributed by atoms with van der Waals surface area (Å²) in [7, 11) is 0. The standard InChI is InChI=1S/C40H58N4O6/c1-3-17-43(29-21-27-23-37(47)49-39(27)25-31(29)41-19-11-9-13-33(39)41)35(45)15-7-5-6-8-16-36(46)44(18-4-2)30-22-28-24-38(48)50-40(28)26-32(30)42-20-12-10-14-34(40)42/h23-24,29-34H,3-22,25-26H2,1-2H3/t29-,30-,31-,32-,33+,34+,39-,40-/m0/s1. The SMILES string of the molecule is CCCN(C(=O)CCCCCCC(=O)N(CCC)[C@H]1CC2=CC(=O)O[C@@]23C[C@@H]1N1CCCC[C@@H]13)[C@H]1CC2=CC(=O)O[C@@]23C[C@@H]1N1CCCC[C@@H]13. The highest BCUT2D eigenvalue weighted by molar-refractivity contribution is 5.88. The van der Waals surface area contributed by atoms with E-state index < -0.39 is 11.2 Å². The molecule has 4 saturated heterocycles. The second-order valence-corrected chi connectivity index (χ2v) is 16.6. The van der Waals surface area contributed by atoms with Crippen molar-refractivity contribution in [1.29, 1.82) is 0 Å². The number of hydrogen-bond donors (Lipinski definition) is 0. The van der Waals surface area contributed by atoms with E-state index >= 15 is 0 Å². The van der Waals surface area contributed by atoms with Crippen molar-refractivity contribution in [1.82, 2.24) is 19.6 Å². The Morgan fingerprint density at radius 1 is 0.700 bits per heavy atom. The summed E-state index contributed by atoms with van der Waals surface area (Å²) < 4.78 is 12.1. The zero-order chi connectivity index (χ0) is 34.6. The molecule has 10 heteroatoms. The van der Waals surface area contributed by atoms with Gasteiger partial charge in [-0.3, -0.25) is 19.4 Å². The molecule has 0 aromatic heterocycles. The first-order valence-electron chi connectivity index (χ1n) is 20.3. The van der Waals surface area contributed by atoms with Crippen LogP contribution < -0.4 is 0 Å². The molecule has 0 aromatic rings. The van der Waals surface area contributed by atoms with Gasteiger partial charge in [0, 0.05) is 63.0 Å². The number of piperidine rings is 2. The Bertz CT molecular complexity index is 1340. The Morgan fingerprint density at radius 2 is 1.14 bits per heavy atom. The fourth-order valence-corrected chi connectivity index (χ4v) is 12.0. The first-order valence-corrected chi connectivity index (χ1v) is 20.3. The van der Waals surface area contributed by atoms with E-state index in [4.69, 9.17) is 9.47 Å². The molecule has 50 heavy (non-hydrogen) atoms. The summed E-state index contributed by atoms with van der Waals surface area (Å²) in [6.07, 6.45) is 19.8. The Labute approximate surface area is 297 Å². The summed E-state index contributed by atoms with van der Waals surface area (Å²) in [4.78, 5) is 62.2. The fraction of sp³-hybridized carbons (Fsp3) is 0.800. The van der Waals surface area contributed by atoms with Crippen molar-refractivity contribution >= 4 is 23.8 Å². The van der Waals surface area contributed by atoms with Crippen molar-refractivity contribution in [3.63, 3.8) is 0 Å². The smallest absolute Gasteiger partial charge is 0.331 e. The van der Waals surface area contributed by atoms with Gasteiger partial charge in [-0.1, -0.05) is 39.5 Å². The van der Waals surface area contributed by atoms with E-state index in [1.165, 1.54) is 12.8 Å². The van der Waals surface area contributed by atoms with E-state index in [2.05, 4.69) is 33.4 Å². The second kappa shape index (κ2) is 13.7. The van der Waals surface area contributed by atoms with E-state index in [1.54, 1.807) is 12.2 Å². The van der Waals surface area contributed by atoms with Crippen LogP contribution in [0.4, 0.5) is 0 Å². The second-order valence-electron chi connectivity index (χ2n) is 16.6. The minimum atomic E-state index is -0.459. The molecule has 0 N–H and O–H groups in total. The number of rotatable bonds is 13. The van der Waals surface area contributed by atoms with Crippen LogP contribution in [0.3, 0.4) is 0 Å². The topological polar surface area (TPSA) is 99.7 Å². The normalized spacial score (nSPS) is 36.8. The highest BCUT2D eigenvalue weighted by Gasteiger charge is 2.66. The fourth-order valence-electron chi connectivity index (χ4n) is 12.0. The molecule has 6 fully saturated rings. The van der Waals surface area contributed by atoms with Crippen molar-refractivity contribution in [2.45, 2.75) is 177 Å². The van der Waals surface area contributed by atoms with Gasteiger partial charge < -0.3 is 19.3 Å². The zero-order valence-corrected chi connectivity index (χ0v) is 30.4. The quantitative estimate of drug-likeness (QED) is 0.196. The predicted molar refractivity (Wildman–Crippen MR) is 188 cm³/mol. The van der Waals surface area contributed by atoms with E-state index in [0.29, 0.717) is 12.8 Å². The molecule has 6 heterocycles. The van der Waals surface area contributed by atoms with Crippen LogP contribution in [0.25, 0.3) is 0 Å². The Balaban J connectivity index is 0.850. The van der Waals surface area contributed by atoms with Gasteiger partial charge >= 0.3 is 11.9 Å². The number of hydrogen-bond acceptors (Lipinski definition) is 8. The average Bonchev–Trinajstić information content (AvgIpc) is 3.81. The van der Waals surface area contributed by atoms with Gasteiger partial charge in [-0.15, -0.1) is 0 Å². The molecule has 8 aliphatic rings. The van der Waals surface area contributed by atoms with Crippen LogP contribution in [0.2, 0.25) is 0 Å². The molecular weight excluding hydrogens is 632 g/mol. The van der Waals surface area contributed by atoms with Gasteiger partial charge in [0.2, 0.25) is 11.8 Å². The highest BCUT2D eigenvalue weighted by Crippen LogP contribution is 2.56. The summed E-state index contributed by atoms with van der Waals surface area (Å²) >= 11 is 0. The minimum absolute atomic E-state index is 0.0938. The largest absolute Gasteiger partial charge is 0.450 e. The van der Waals surface area contributed by atoms with Crippen LogP contribution in [0.1, 0.15) is 129 Å². The van der Waals surface area contributed by atoms with Gasteiger partial charge in [0.05, 0.1) is 24.2 Å². The number of ether oxygens (including phenoxy) is 2. The van der Waals surface area contributed by atoms with Crippen LogP contribution in [0, 0.1) is 0 Å². The number of esters is 2. The van der Waals surface area contributed by atoms with Gasteiger partial charge in [-0.2, -0.15) is 0 Å². The maximum atomic E-state index is 13.9. The van der Waals surface area contributed by atoms with E-state index in [9.17, 15) is 19.2 Å². The van der Waals surface area contributed by atoms with Crippen LogP contribution in [0.5, 0.6) is 0 Å². The maximum absolute atomic E-state index is 13.9. The number of carbonyl (C=O) groups excluding carboxylic acids is 4. The summed E-state index contributed by atoms with van der Waals surface area (Å²) in [5, 5.41) is 0. The molecule has 0 unspecified atom stereocenters. The predicted octanol–water partition coefficient (Wildman–Crippen LogP) is 5.05. The van der Waals surface area contributed by atoms with Crippen LogP contribution in [-0.4, -0.2) is 117 Å². The Kier molecular flexibility index (Phi) is 9.40. The molecule has 6 aliphatic heterocycles. The molecular formula is C40H58N4O6. The Hall–Kier alpha value is -2.72. The number of unbranched alkanes of at least 4 members (excludes halogenated alkanes) is 3. The maximum Gasteiger partial charge on any atom is 0.331 e. The number of carbonyl (C=O) groups is 4. The molecule has 2 amide bonds. The molecule has 10 nitrogen and oxygen atoms in total. The first kappa shape index (κ1) is 34.4. The van der Waals surface area contributed by atoms with Crippen molar-refractivity contribution in [2.24, 2.45) is 0 Å². The van der Waals surface area contributed by atoms with Gasteiger partial charge in [0.25, 0.3) is 0 Å². The summed E-state index contributed by atoms with van der Waals surface area (Å²) in [5.74, 6) is 0.0448. The van der Waals surface area contributed by atoms with Crippen LogP contribution in [0.15, 0.2) is 23.3 Å². The van der Waals surface area contributed by atoms with Gasteiger partial charge in [-0.25, -0.2) is 9.59 Å². The Morgan fingerprint density at radius 3 is 1.56 bits per heavy atom. The lowest BCUT2D eigenvalue weighted by Gasteiger charge is -2.42. The third kappa shape index (κ3) is 5.57. The highest BCUT2D eigenvalue weighted by atomic mass is 16.6. The van der Waals surface area contributed by atoms with Crippen molar-refractivity contribution < 1.29 is 28.7 Å². The molecule has 4 bridgehead atoms. The minimum Gasteiger partial charge on any atom is -0.450 e. The first-order chi connectivity index (χ1) is 24.3. The molecule has 274 valence electrons. The molecule has 0 aromatic carbocycles. The van der Waals surface area contributed by atoms with E-state index in [1.807, 2.05) is 0 Å². The van der Waals surface area contributed by atoms with Crippen molar-refractivity contribution in [3.8, 4) is 0 Å². The molecule has 8 rings (SSSR count). The van der Waals surface area contributed by atoms with E-state index in [0.717, 1.165) is 127 Å². The zero-order valence-electron chi connectivity index (χ0n) is 30.4. The molecule has 2 saturated carbocycles.